The summed E-state index contributed by atoms with van der Waals surface area (Å²) >= 11 is 2.12. The van der Waals surface area contributed by atoms with Gasteiger partial charge >= 0.3 is 0 Å². The van der Waals surface area contributed by atoms with Gasteiger partial charge in [0.2, 0.25) is 5.43 Å². The Kier molecular flexibility index (Phi) is 4.13. The van der Waals surface area contributed by atoms with Crippen LogP contribution in [0.1, 0.15) is 10.4 Å². The second kappa shape index (κ2) is 6.06. The predicted octanol–water partition coefficient (Wildman–Crippen LogP) is 1.50. The molecule has 1 unspecified atom stereocenters. The Morgan fingerprint density at radius 1 is 1.50 bits per heavy atom. The van der Waals surface area contributed by atoms with E-state index in [-0.39, 0.29) is 23.4 Å². The monoisotopic (exact) mass is 409 g/mol. The highest BCUT2D eigenvalue weighted by Crippen LogP contribution is 2.14. The molecule has 0 bridgehead atoms. The van der Waals surface area contributed by atoms with Crippen molar-refractivity contribution in [1.29, 1.82) is 5.26 Å². The van der Waals surface area contributed by atoms with Crippen molar-refractivity contribution < 1.29 is 9.53 Å². The zero-order chi connectivity index (χ0) is 15.7. The molecule has 22 heavy (non-hydrogen) atoms. The van der Waals surface area contributed by atoms with Crippen LogP contribution < -0.4 is 5.43 Å². The minimum atomic E-state index is -0.641. The van der Waals surface area contributed by atoms with E-state index in [2.05, 4.69) is 27.6 Å². The Hall–Kier alpha value is -1.92. The van der Waals surface area contributed by atoms with Crippen LogP contribution in [0.15, 0.2) is 29.2 Å². The number of fused-ring (bicyclic) bond motifs is 1. The summed E-state index contributed by atoms with van der Waals surface area (Å²) in [5.74, 6) is -0.370. The number of H-pyrrole nitrogens is 1. The molecule has 0 saturated carbocycles. The molecule has 6 nitrogen and oxygen atoms in total. The average Bonchev–Trinajstić information content (AvgIpc) is 2.55. The van der Waals surface area contributed by atoms with Gasteiger partial charge in [-0.15, -0.1) is 0 Å². The summed E-state index contributed by atoms with van der Waals surface area (Å²) in [4.78, 5) is 29.6. The molecular weight excluding hydrogens is 397 g/mol. The number of morpholine rings is 1. The lowest BCUT2D eigenvalue weighted by Crippen LogP contribution is -2.46. The first-order valence-electron chi connectivity index (χ1n) is 6.71. The summed E-state index contributed by atoms with van der Waals surface area (Å²) in [6.45, 7) is 0.854. The van der Waals surface area contributed by atoms with Crippen molar-refractivity contribution >= 4 is 39.4 Å². The van der Waals surface area contributed by atoms with E-state index in [4.69, 9.17) is 10.00 Å². The molecule has 1 aromatic carbocycles. The molecule has 1 saturated heterocycles. The van der Waals surface area contributed by atoms with Gasteiger partial charge in [-0.3, -0.25) is 9.59 Å². The fourth-order valence-corrected chi connectivity index (χ4v) is 2.92. The zero-order valence-electron chi connectivity index (χ0n) is 11.5. The predicted molar refractivity (Wildman–Crippen MR) is 88.5 cm³/mol. The van der Waals surface area contributed by atoms with E-state index in [1.165, 1.54) is 11.1 Å². The Morgan fingerprint density at radius 2 is 2.32 bits per heavy atom. The highest BCUT2D eigenvalue weighted by atomic mass is 127. The fourth-order valence-electron chi connectivity index (χ4n) is 2.43. The molecule has 0 spiro atoms. The van der Waals surface area contributed by atoms with Crippen LogP contribution in [0.25, 0.3) is 10.9 Å². The Labute approximate surface area is 139 Å². The highest BCUT2D eigenvalue weighted by Gasteiger charge is 2.26. The summed E-state index contributed by atoms with van der Waals surface area (Å²) in [5.41, 5.74) is 0.490. The molecule has 1 aliphatic rings. The maximum atomic E-state index is 12.5. The molecule has 1 atom stereocenters. The largest absolute Gasteiger partial charge is 0.360 e. The van der Waals surface area contributed by atoms with Crippen molar-refractivity contribution in [2.24, 2.45) is 0 Å². The number of aromatic amines is 1. The summed E-state index contributed by atoms with van der Waals surface area (Å²) in [6, 6.07) is 7.44. The molecule has 0 aliphatic carbocycles. The van der Waals surface area contributed by atoms with E-state index < -0.39 is 6.10 Å². The summed E-state index contributed by atoms with van der Waals surface area (Å²) in [6.07, 6.45) is 0.801. The van der Waals surface area contributed by atoms with Crippen molar-refractivity contribution in [2.45, 2.75) is 6.10 Å². The molecule has 1 fully saturated rings. The van der Waals surface area contributed by atoms with Crippen molar-refractivity contribution in [3.05, 3.63) is 43.8 Å². The second-order valence-corrected chi connectivity index (χ2v) is 6.21. The van der Waals surface area contributed by atoms with Gasteiger partial charge in [0.1, 0.15) is 5.56 Å². The molecular formula is C15H12IN3O3. The number of rotatable bonds is 1. The van der Waals surface area contributed by atoms with Crippen LogP contribution in [-0.2, 0) is 4.74 Å². The van der Waals surface area contributed by atoms with E-state index >= 15 is 0 Å². The van der Waals surface area contributed by atoms with Gasteiger partial charge in [-0.05, 0) is 40.8 Å². The third-order valence-corrected chi connectivity index (χ3v) is 4.24. The van der Waals surface area contributed by atoms with Gasteiger partial charge in [0.15, 0.2) is 6.10 Å². The van der Waals surface area contributed by atoms with Crippen LogP contribution in [0.4, 0.5) is 0 Å². The highest BCUT2D eigenvalue weighted by molar-refractivity contribution is 14.1. The third-order valence-electron chi connectivity index (χ3n) is 3.57. The van der Waals surface area contributed by atoms with Gasteiger partial charge in [0.25, 0.3) is 5.91 Å². The molecule has 0 radical (unpaired) electrons. The van der Waals surface area contributed by atoms with Crippen LogP contribution in [0.3, 0.4) is 0 Å². The first-order chi connectivity index (χ1) is 10.6. The summed E-state index contributed by atoms with van der Waals surface area (Å²) in [5, 5.41) is 9.39. The number of pyridine rings is 1. The number of nitriles is 1. The molecule has 1 N–H and O–H groups in total. The Balaban J connectivity index is 1.99. The molecule has 2 aromatic rings. The van der Waals surface area contributed by atoms with Crippen molar-refractivity contribution in [1.82, 2.24) is 9.88 Å². The van der Waals surface area contributed by atoms with E-state index in [0.717, 1.165) is 3.57 Å². The van der Waals surface area contributed by atoms with Gasteiger partial charge < -0.3 is 14.6 Å². The summed E-state index contributed by atoms with van der Waals surface area (Å²) in [7, 11) is 0. The first-order valence-corrected chi connectivity index (χ1v) is 7.79. The van der Waals surface area contributed by atoms with Crippen LogP contribution in [-0.4, -0.2) is 41.6 Å². The summed E-state index contributed by atoms with van der Waals surface area (Å²) < 4.78 is 6.14. The van der Waals surface area contributed by atoms with Crippen LogP contribution >= 0.6 is 22.6 Å². The number of benzene rings is 1. The number of hydrogen-bond acceptors (Lipinski definition) is 4. The van der Waals surface area contributed by atoms with Crippen molar-refractivity contribution in [3.8, 4) is 6.07 Å². The van der Waals surface area contributed by atoms with Gasteiger partial charge in [-0.25, -0.2) is 0 Å². The molecule has 1 amide bonds. The van der Waals surface area contributed by atoms with Crippen LogP contribution in [0, 0.1) is 14.9 Å². The normalized spacial score (nSPS) is 18.2. The number of aromatic nitrogens is 1. The van der Waals surface area contributed by atoms with Crippen molar-refractivity contribution in [2.75, 3.05) is 19.7 Å². The quantitative estimate of drug-likeness (QED) is 0.724. The number of amides is 1. The maximum absolute atomic E-state index is 12.5. The second-order valence-electron chi connectivity index (χ2n) is 4.96. The molecule has 2 heterocycles. The smallest absolute Gasteiger partial charge is 0.259 e. The van der Waals surface area contributed by atoms with Gasteiger partial charge in [-0.2, -0.15) is 5.26 Å². The SMILES string of the molecule is N#CC1CN(C(=O)c2c[nH]c3ccc(I)cc3c2=O)CCO1. The molecule has 1 aliphatic heterocycles. The minimum absolute atomic E-state index is 0.0908. The topological polar surface area (TPSA) is 86.2 Å². The standard InChI is InChI=1S/C15H12IN3O3/c16-9-1-2-13-11(5-9)14(20)12(7-18-13)15(21)19-3-4-22-10(6-17)8-19/h1-2,5,7,10H,3-4,8H2,(H,18,20). The third kappa shape index (κ3) is 2.71. The van der Waals surface area contributed by atoms with E-state index in [1.807, 2.05) is 18.2 Å². The Morgan fingerprint density at radius 3 is 3.09 bits per heavy atom. The first kappa shape index (κ1) is 15.0. The average molecular weight is 409 g/mol. The number of ether oxygens (including phenoxy) is 1. The number of halogens is 1. The zero-order valence-corrected chi connectivity index (χ0v) is 13.7. The fraction of sp³-hybridized carbons (Fsp3) is 0.267. The van der Waals surface area contributed by atoms with Gasteiger partial charge in [0.05, 0.1) is 19.2 Å². The van der Waals surface area contributed by atoms with E-state index in [1.54, 1.807) is 6.07 Å². The lowest BCUT2D eigenvalue weighted by Gasteiger charge is -2.29. The molecule has 3 rings (SSSR count). The van der Waals surface area contributed by atoms with Gasteiger partial charge in [-0.1, -0.05) is 0 Å². The molecule has 1 aromatic heterocycles. The van der Waals surface area contributed by atoms with Gasteiger partial charge in [0, 0.05) is 27.2 Å². The van der Waals surface area contributed by atoms with E-state index in [9.17, 15) is 9.59 Å². The number of hydrogen-bond donors (Lipinski definition) is 1. The number of carbonyl (C=O) groups is 1. The Bertz CT molecular complexity index is 840. The van der Waals surface area contributed by atoms with Crippen LogP contribution in [0.5, 0.6) is 0 Å². The van der Waals surface area contributed by atoms with Crippen molar-refractivity contribution in [3.63, 3.8) is 0 Å². The number of nitrogens with one attached hydrogen (secondary N) is 1. The molecule has 7 heteroatoms. The lowest BCUT2D eigenvalue weighted by molar-refractivity contribution is 0.00340. The molecule has 112 valence electrons. The number of carbonyl (C=O) groups excluding carboxylic acids is 1. The lowest BCUT2D eigenvalue weighted by atomic mass is 10.1. The van der Waals surface area contributed by atoms with E-state index in [0.29, 0.717) is 24.1 Å². The van der Waals surface area contributed by atoms with Crippen LogP contribution in [0.2, 0.25) is 0 Å². The maximum Gasteiger partial charge on any atom is 0.259 e. The minimum Gasteiger partial charge on any atom is -0.360 e. The number of nitrogens with zero attached hydrogens (tertiary/aromatic N) is 2.